The van der Waals surface area contributed by atoms with Gasteiger partial charge in [0, 0.05) is 33.2 Å². The van der Waals surface area contributed by atoms with Crippen molar-refractivity contribution < 1.29 is 14.4 Å². The van der Waals surface area contributed by atoms with Crippen LogP contribution in [0.3, 0.4) is 0 Å². The lowest BCUT2D eigenvalue weighted by molar-refractivity contribution is 0.194. The van der Waals surface area contributed by atoms with E-state index in [0.29, 0.717) is 12.5 Å². The first-order chi connectivity index (χ1) is 7.36. The van der Waals surface area contributed by atoms with Gasteiger partial charge in [0.1, 0.15) is 0 Å². The molecule has 0 atom stereocenters. The van der Waals surface area contributed by atoms with E-state index in [1.807, 2.05) is 0 Å². The summed E-state index contributed by atoms with van der Waals surface area (Å²) in [7, 11) is 1.68. The van der Waals surface area contributed by atoms with E-state index in [-0.39, 0.29) is 6.61 Å². The van der Waals surface area contributed by atoms with Crippen molar-refractivity contribution in [3.05, 3.63) is 11.7 Å². The van der Waals surface area contributed by atoms with Crippen LogP contribution in [-0.2, 0) is 17.6 Å². The SMILES string of the molecule is COCCCc1noc(CCCCO)n1. The Kier molecular flexibility index (Phi) is 5.96. The Morgan fingerprint density at radius 2 is 2.13 bits per heavy atom. The minimum Gasteiger partial charge on any atom is -0.396 e. The van der Waals surface area contributed by atoms with Crippen LogP contribution >= 0.6 is 0 Å². The summed E-state index contributed by atoms with van der Waals surface area (Å²) in [6.45, 7) is 0.934. The van der Waals surface area contributed by atoms with Crippen LogP contribution in [0.1, 0.15) is 31.0 Å². The van der Waals surface area contributed by atoms with E-state index in [0.717, 1.165) is 37.9 Å². The summed E-state index contributed by atoms with van der Waals surface area (Å²) in [4.78, 5) is 4.24. The average Bonchev–Trinajstić information content (AvgIpc) is 2.67. The van der Waals surface area contributed by atoms with Gasteiger partial charge in [-0.15, -0.1) is 0 Å². The van der Waals surface area contributed by atoms with Gasteiger partial charge in [0.2, 0.25) is 5.89 Å². The number of unbranched alkanes of at least 4 members (excludes halogenated alkanes) is 1. The van der Waals surface area contributed by atoms with Crippen LogP contribution in [0.4, 0.5) is 0 Å². The highest BCUT2D eigenvalue weighted by Crippen LogP contribution is 2.04. The van der Waals surface area contributed by atoms with Crippen molar-refractivity contribution >= 4 is 0 Å². The highest BCUT2D eigenvalue weighted by molar-refractivity contribution is 4.86. The van der Waals surface area contributed by atoms with Gasteiger partial charge in [0.05, 0.1) is 0 Å². The second kappa shape index (κ2) is 7.36. The molecule has 1 aromatic rings. The van der Waals surface area contributed by atoms with Crippen LogP contribution in [-0.4, -0.2) is 35.6 Å². The van der Waals surface area contributed by atoms with E-state index in [9.17, 15) is 0 Å². The number of aryl methyl sites for hydroxylation is 2. The van der Waals surface area contributed by atoms with Gasteiger partial charge in [0.15, 0.2) is 5.82 Å². The third kappa shape index (κ3) is 4.90. The Hall–Kier alpha value is -0.940. The number of aliphatic hydroxyl groups excluding tert-OH is 1. The Morgan fingerprint density at radius 1 is 1.27 bits per heavy atom. The molecule has 0 bridgehead atoms. The topological polar surface area (TPSA) is 68.4 Å². The summed E-state index contributed by atoms with van der Waals surface area (Å²) in [5.41, 5.74) is 0. The number of nitrogens with zero attached hydrogens (tertiary/aromatic N) is 2. The number of rotatable bonds is 8. The predicted molar refractivity (Wildman–Crippen MR) is 54.5 cm³/mol. The molecule has 86 valence electrons. The number of aliphatic hydroxyl groups is 1. The molecule has 0 aliphatic heterocycles. The van der Waals surface area contributed by atoms with Gasteiger partial charge in [0.25, 0.3) is 0 Å². The van der Waals surface area contributed by atoms with Crippen LogP contribution in [0.15, 0.2) is 4.52 Å². The van der Waals surface area contributed by atoms with Crippen LogP contribution in [0.25, 0.3) is 0 Å². The highest BCUT2D eigenvalue weighted by atomic mass is 16.5. The van der Waals surface area contributed by atoms with Crippen molar-refractivity contribution in [1.29, 1.82) is 0 Å². The molecule has 0 saturated carbocycles. The van der Waals surface area contributed by atoms with E-state index < -0.39 is 0 Å². The first-order valence-corrected chi connectivity index (χ1v) is 5.28. The van der Waals surface area contributed by atoms with E-state index in [2.05, 4.69) is 10.1 Å². The molecule has 5 heteroatoms. The predicted octanol–water partition coefficient (Wildman–Crippen LogP) is 0.964. The van der Waals surface area contributed by atoms with Crippen molar-refractivity contribution in [3.63, 3.8) is 0 Å². The maximum atomic E-state index is 8.61. The molecule has 0 amide bonds. The Balaban J connectivity index is 2.23. The van der Waals surface area contributed by atoms with E-state index in [1.54, 1.807) is 7.11 Å². The number of ether oxygens (including phenoxy) is 1. The summed E-state index contributed by atoms with van der Waals surface area (Å²) in [6.07, 6.45) is 4.11. The Morgan fingerprint density at radius 3 is 2.87 bits per heavy atom. The molecule has 0 aromatic carbocycles. The molecular weight excluding hydrogens is 196 g/mol. The largest absolute Gasteiger partial charge is 0.396 e. The highest BCUT2D eigenvalue weighted by Gasteiger charge is 2.05. The fourth-order valence-corrected chi connectivity index (χ4v) is 1.26. The minimum absolute atomic E-state index is 0.217. The van der Waals surface area contributed by atoms with Crippen molar-refractivity contribution in [2.24, 2.45) is 0 Å². The van der Waals surface area contributed by atoms with Crippen LogP contribution in [0.2, 0.25) is 0 Å². The van der Waals surface area contributed by atoms with Gasteiger partial charge in [-0.25, -0.2) is 0 Å². The molecule has 1 aromatic heterocycles. The lowest BCUT2D eigenvalue weighted by Crippen LogP contribution is -1.95. The van der Waals surface area contributed by atoms with Crippen molar-refractivity contribution in [3.8, 4) is 0 Å². The molecule has 0 fully saturated rings. The van der Waals surface area contributed by atoms with E-state index in [4.69, 9.17) is 14.4 Å². The molecule has 15 heavy (non-hydrogen) atoms. The van der Waals surface area contributed by atoms with Gasteiger partial charge in [-0.2, -0.15) is 4.98 Å². The Bertz CT molecular complexity index is 238. The number of hydrogen-bond donors (Lipinski definition) is 1. The number of hydrogen-bond acceptors (Lipinski definition) is 5. The van der Waals surface area contributed by atoms with Crippen molar-refractivity contribution in [2.45, 2.75) is 32.1 Å². The second-order valence-electron chi connectivity index (χ2n) is 3.38. The maximum Gasteiger partial charge on any atom is 0.226 e. The molecule has 0 aliphatic rings. The summed E-state index contributed by atoms with van der Waals surface area (Å²) < 4.78 is 9.99. The van der Waals surface area contributed by atoms with Crippen LogP contribution in [0.5, 0.6) is 0 Å². The minimum atomic E-state index is 0.217. The second-order valence-corrected chi connectivity index (χ2v) is 3.38. The van der Waals surface area contributed by atoms with Gasteiger partial charge < -0.3 is 14.4 Å². The van der Waals surface area contributed by atoms with Crippen molar-refractivity contribution in [2.75, 3.05) is 20.3 Å². The molecular formula is C10H18N2O3. The first-order valence-electron chi connectivity index (χ1n) is 5.28. The summed E-state index contributed by atoms with van der Waals surface area (Å²) in [5.74, 6) is 1.40. The van der Waals surface area contributed by atoms with E-state index in [1.165, 1.54) is 0 Å². The number of methoxy groups -OCH3 is 1. The first kappa shape index (κ1) is 12.1. The van der Waals surface area contributed by atoms with Crippen LogP contribution < -0.4 is 0 Å². The maximum absolute atomic E-state index is 8.61. The zero-order valence-electron chi connectivity index (χ0n) is 9.11. The van der Waals surface area contributed by atoms with Gasteiger partial charge in [-0.05, 0) is 19.3 Å². The molecule has 1 heterocycles. The standard InChI is InChI=1S/C10H18N2O3/c1-14-8-4-5-9-11-10(15-12-9)6-2-3-7-13/h13H,2-8H2,1H3. The molecule has 1 rings (SSSR count). The normalized spacial score (nSPS) is 10.8. The lowest BCUT2D eigenvalue weighted by Gasteiger charge is -1.93. The molecule has 5 nitrogen and oxygen atoms in total. The van der Waals surface area contributed by atoms with Crippen molar-refractivity contribution in [1.82, 2.24) is 10.1 Å². The molecule has 1 N–H and O–H groups in total. The lowest BCUT2D eigenvalue weighted by atomic mass is 10.2. The molecule has 0 unspecified atom stereocenters. The van der Waals surface area contributed by atoms with Gasteiger partial charge in [-0.3, -0.25) is 0 Å². The summed E-state index contributed by atoms with van der Waals surface area (Å²) >= 11 is 0. The molecule has 0 radical (unpaired) electrons. The fraction of sp³-hybridized carbons (Fsp3) is 0.800. The Labute approximate surface area is 89.4 Å². The monoisotopic (exact) mass is 214 g/mol. The zero-order chi connectivity index (χ0) is 10.9. The summed E-state index contributed by atoms with van der Waals surface area (Å²) in [5, 5.41) is 12.5. The van der Waals surface area contributed by atoms with Crippen LogP contribution in [0, 0.1) is 0 Å². The fourth-order valence-electron chi connectivity index (χ4n) is 1.26. The smallest absolute Gasteiger partial charge is 0.226 e. The van der Waals surface area contributed by atoms with E-state index >= 15 is 0 Å². The van der Waals surface area contributed by atoms with Gasteiger partial charge in [-0.1, -0.05) is 5.16 Å². The third-order valence-corrected chi connectivity index (χ3v) is 2.06. The zero-order valence-corrected chi connectivity index (χ0v) is 9.11. The third-order valence-electron chi connectivity index (χ3n) is 2.06. The number of aromatic nitrogens is 2. The molecule has 0 spiro atoms. The quantitative estimate of drug-likeness (QED) is 0.653. The molecule has 0 saturated heterocycles. The summed E-state index contributed by atoms with van der Waals surface area (Å²) in [6, 6.07) is 0. The average molecular weight is 214 g/mol. The van der Waals surface area contributed by atoms with Gasteiger partial charge >= 0.3 is 0 Å². The molecule has 0 aliphatic carbocycles.